The lowest BCUT2D eigenvalue weighted by Crippen LogP contribution is -2.45. The van der Waals surface area contributed by atoms with Crippen LogP contribution >= 0.6 is 0 Å². The van der Waals surface area contributed by atoms with Crippen molar-refractivity contribution in [2.75, 3.05) is 20.3 Å². The molecule has 0 saturated heterocycles. The highest BCUT2D eigenvalue weighted by molar-refractivity contribution is 5.82. The van der Waals surface area contributed by atoms with Crippen LogP contribution < -0.4 is 10.6 Å². The topological polar surface area (TPSA) is 87.7 Å². The summed E-state index contributed by atoms with van der Waals surface area (Å²) in [4.78, 5) is 22.0. The fraction of sp³-hybridized carbons (Fsp3) is 0.818. The quantitative estimate of drug-likeness (QED) is 0.529. The second kappa shape index (κ2) is 9.89. The molecule has 0 bridgehead atoms. The number of ether oxygens (including phenoxy) is 1. The SMILES string of the molecule is CCC(NC(=O)NCCCCCOC)C(=O)O. The molecular weight excluding hydrogens is 224 g/mol. The number of carbonyl (C=O) groups excluding carboxylic acids is 1. The third-order valence-corrected chi connectivity index (χ3v) is 2.32. The normalized spacial score (nSPS) is 11.9. The molecule has 6 nitrogen and oxygen atoms in total. The average molecular weight is 246 g/mol. The molecule has 0 radical (unpaired) electrons. The predicted molar refractivity (Wildman–Crippen MR) is 64.0 cm³/mol. The number of methoxy groups -OCH3 is 1. The molecule has 0 saturated carbocycles. The Morgan fingerprint density at radius 1 is 1.29 bits per heavy atom. The first kappa shape index (κ1) is 15.7. The molecule has 0 rings (SSSR count). The molecule has 1 atom stereocenters. The highest BCUT2D eigenvalue weighted by Crippen LogP contribution is 1.94. The molecule has 2 amide bonds. The zero-order valence-corrected chi connectivity index (χ0v) is 10.5. The molecule has 0 spiro atoms. The smallest absolute Gasteiger partial charge is 0.326 e. The number of carboxylic acids is 1. The number of nitrogens with one attached hydrogen (secondary N) is 2. The van der Waals surface area contributed by atoms with Crippen LogP contribution in [-0.2, 0) is 9.53 Å². The van der Waals surface area contributed by atoms with E-state index in [2.05, 4.69) is 10.6 Å². The maximum absolute atomic E-state index is 11.3. The summed E-state index contributed by atoms with van der Waals surface area (Å²) in [6, 6.07) is -1.24. The monoisotopic (exact) mass is 246 g/mol. The van der Waals surface area contributed by atoms with E-state index >= 15 is 0 Å². The van der Waals surface area contributed by atoms with E-state index in [9.17, 15) is 9.59 Å². The van der Waals surface area contributed by atoms with E-state index in [0.29, 0.717) is 13.0 Å². The minimum Gasteiger partial charge on any atom is -0.480 e. The van der Waals surface area contributed by atoms with Gasteiger partial charge < -0.3 is 20.5 Å². The van der Waals surface area contributed by atoms with Crippen LogP contribution in [0.4, 0.5) is 4.79 Å². The second-order valence-electron chi connectivity index (χ2n) is 3.75. The van der Waals surface area contributed by atoms with E-state index in [1.54, 1.807) is 14.0 Å². The number of carboxylic acid groups (broad SMARTS) is 1. The van der Waals surface area contributed by atoms with E-state index in [0.717, 1.165) is 25.9 Å². The first-order valence-electron chi connectivity index (χ1n) is 5.88. The summed E-state index contributed by atoms with van der Waals surface area (Å²) in [7, 11) is 1.66. The molecule has 0 aliphatic rings. The lowest BCUT2D eigenvalue weighted by atomic mass is 10.2. The van der Waals surface area contributed by atoms with Gasteiger partial charge in [-0.25, -0.2) is 9.59 Å². The number of carbonyl (C=O) groups is 2. The molecule has 0 aromatic heterocycles. The number of rotatable bonds is 9. The molecule has 0 aromatic rings. The first-order valence-corrected chi connectivity index (χ1v) is 5.88. The summed E-state index contributed by atoms with van der Waals surface area (Å²) in [5.41, 5.74) is 0. The predicted octanol–water partition coefficient (Wildman–Crippen LogP) is 0.965. The van der Waals surface area contributed by atoms with Gasteiger partial charge in [-0.1, -0.05) is 6.92 Å². The Hall–Kier alpha value is -1.30. The van der Waals surface area contributed by atoms with Gasteiger partial charge in [-0.3, -0.25) is 0 Å². The second-order valence-corrected chi connectivity index (χ2v) is 3.75. The van der Waals surface area contributed by atoms with E-state index in [-0.39, 0.29) is 0 Å². The molecule has 0 aromatic carbocycles. The van der Waals surface area contributed by atoms with E-state index in [1.165, 1.54) is 0 Å². The van der Waals surface area contributed by atoms with Gasteiger partial charge in [0.15, 0.2) is 0 Å². The highest BCUT2D eigenvalue weighted by atomic mass is 16.5. The van der Waals surface area contributed by atoms with Crippen LogP contribution in [0.15, 0.2) is 0 Å². The fourth-order valence-electron chi connectivity index (χ4n) is 1.30. The van der Waals surface area contributed by atoms with Gasteiger partial charge in [0.05, 0.1) is 0 Å². The Kier molecular flexibility index (Phi) is 9.14. The van der Waals surface area contributed by atoms with Crippen LogP contribution in [0, 0.1) is 0 Å². The van der Waals surface area contributed by atoms with Gasteiger partial charge in [0.25, 0.3) is 0 Å². The zero-order chi connectivity index (χ0) is 13.1. The third-order valence-electron chi connectivity index (χ3n) is 2.32. The fourth-order valence-corrected chi connectivity index (χ4v) is 1.30. The Morgan fingerprint density at radius 2 is 2.00 bits per heavy atom. The number of urea groups is 1. The summed E-state index contributed by atoms with van der Waals surface area (Å²) in [5.74, 6) is -1.01. The molecule has 0 fully saturated rings. The molecule has 1 unspecified atom stereocenters. The third kappa shape index (κ3) is 8.50. The Balaban J connectivity index is 3.55. The van der Waals surface area contributed by atoms with Crippen molar-refractivity contribution < 1.29 is 19.4 Å². The number of hydrogen-bond donors (Lipinski definition) is 3. The van der Waals surface area contributed by atoms with Crippen molar-refractivity contribution in [2.45, 2.75) is 38.6 Å². The van der Waals surface area contributed by atoms with Crippen molar-refractivity contribution in [1.82, 2.24) is 10.6 Å². The van der Waals surface area contributed by atoms with Gasteiger partial charge in [0.1, 0.15) is 6.04 Å². The average Bonchev–Trinajstić information content (AvgIpc) is 2.30. The number of amides is 2. The number of unbranched alkanes of at least 4 members (excludes halogenated alkanes) is 2. The van der Waals surface area contributed by atoms with Crippen LogP contribution in [0.1, 0.15) is 32.6 Å². The largest absolute Gasteiger partial charge is 0.480 e. The van der Waals surface area contributed by atoms with Crippen molar-refractivity contribution in [3.05, 3.63) is 0 Å². The summed E-state index contributed by atoms with van der Waals surface area (Å²) in [6.45, 7) is 2.98. The lowest BCUT2D eigenvalue weighted by Gasteiger charge is -2.12. The Morgan fingerprint density at radius 3 is 2.53 bits per heavy atom. The Labute approximate surface area is 102 Å². The first-order chi connectivity index (χ1) is 8.11. The van der Waals surface area contributed by atoms with Crippen LogP contribution in [0.2, 0.25) is 0 Å². The van der Waals surface area contributed by atoms with Gasteiger partial charge in [-0.05, 0) is 25.7 Å². The maximum Gasteiger partial charge on any atom is 0.326 e. The van der Waals surface area contributed by atoms with Crippen LogP contribution in [0.25, 0.3) is 0 Å². The van der Waals surface area contributed by atoms with Crippen LogP contribution in [0.3, 0.4) is 0 Å². The van der Waals surface area contributed by atoms with Crippen molar-refractivity contribution in [1.29, 1.82) is 0 Å². The summed E-state index contributed by atoms with van der Waals surface area (Å²) >= 11 is 0. The molecule has 6 heteroatoms. The number of hydrogen-bond acceptors (Lipinski definition) is 3. The van der Waals surface area contributed by atoms with E-state index < -0.39 is 18.0 Å². The summed E-state index contributed by atoms with van der Waals surface area (Å²) < 4.78 is 4.90. The van der Waals surface area contributed by atoms with Crippen molar-refractivity contribution >= 4 is 12.0 Å². The minimum absolute atomic E-state index is 0.372. The molecule has 0 aliphatic heterocycles. The van der Waals surface area contributed by atoms with Crippen LogP contribution in [0.5, 0.6) is 0 Å². The Bertz CT molecular complexity index is 234. The maximum atomic E-state index is 11.3. The minimum atomic E-state index is -1.01. The van der Waals surface area contributed by atoms with Crippen LogP contribution in [-0.4, -0.2) is 43.4 Å². The van der Waals surface area contributed by atoms with E-state index in [4.69, 9.17) is 9.84 Å². The standard InChI is InChI=1S/C11H22N2O4/c1-3-9(10(14)15)13-11(16)12-7-5-4-6-8-17-2/h9H,3-8H2,1-2H3,(H,14,15)(H2,12,13,16). The van der Waals surface area contributed by atoms with Gasteiger partial charge in [-0.15, -0.1) is 0 Å². The van der Waals surface area contributed by atoms with Gasteiger partial charge in [0, 0.05) is 20.3 Å². The molecule has 17 heavy (non-hydrogen) atoms. The molecule has 0 aliphatic carbocycles. The number of aliphatic carboxylic acids is 1. The van der Waals surface area contributed by atoms with Crippen molar-refractivity contribution in [2.24, 2.45) is 0 Å². The highest BCUT2D eigenvalue weighted by Gasteiger charge is 2.16. The van der Waals surface area contributed by atoms with E-state index in [1.807, 2.05) is 0 Å². The zero-order valence-electron chi connectivity index (χ0n) is 10.5. The lowest BCUT2D eigenvalue weighted by molar-refractivity contribution is -0.139. The molecule has 3 N–H and O–H groups in total. The van der Waals surface area contributed by atoms with Gasteiger partial charge >= 0.3 is 12.0 Å². The molecular formula is C11H22N2O4. The molecule has 0 heterocycles. The summed E-state index contributed by atoms with van der Waals surface area (Å²) in [5, 5.41) is 13.8. The van der Waals surface area contributed by atoms with Gasteiger partial charge in [0.2, 0.25) is 0 Å². The van der Waals surface area contributed by atoms with Crippen molar-refractivity contribution in [3.63, 3.8) is 0 Å². The van der Waals surface area contributed by atoms with Gasteiger partial charge in [-0.2, -0.15) is 0 Å². The summed E-state index contributed by atoms with van der Waals surface area (Å²) in [6.07, 6.45) is 3.17. The van der Waals surface area contributed by atoms with Crippen molar-refractivity contribution in [3.8, 4) is 0 Å². The molecule has 100 valence electrons.